The molecule has 0 saturated heterocycles. The monoisotopic (exact) mass is 360 g/mol. The Morgan fingerprint density at radius 1 is 1.15 bits per heavy atom. The predicted octanol–water partition coefficient (Wildman–Crippen LogP) is 2.77. The van der Waals surface area contributed by atoms with E-state index in [9.17, 15) is 9.59 Å². The van der Waals surface area contributed by atoms with Gasteiger partial charge < -0.3 is 9.73 Å². The molecule has 4 aromatic rings. The molecule has 2 heterocycles. The van der Waals surface area contributed by atoms with Crippen LogP contribution in [0.5, 0.6) is 0 Å². The van der Waals surface area contributed by atoms with Crippen molar-refractivity contribution in [3.05, 3.63) is 77.2 Å². The molecule has 0 spiro atoms. The summed E-state index contributed by atoms with van der Waals surface area (Å²) in [7, 11) is 1.58. The largest absolute Gasteiger partial charge is 0.444 e. The van der Waals surface area contributed by atoms with Crippen molar-refractivity contribution < 1.29 is 9.21 Å². The molecule has 0 aliphatic heterocycles. The van der Waals surface area contributed by atoms with Crippen LogP contribution in [0.1, 0.15) is 5.69 Å². The topological polar surface area (TPSA) is 90.0 Å². The Hall–Kier alpha value is -3.74. The number of aryl methyl sites for hydroxylation is 1. The number of rotatable bonds is 4. The summed E-state index contributed by atoms with van der Waals surface area (Å²) in [6.45, 7) is 0. The normalized spacial score (nSPS) is 10.9. The van der Waals surface area contributed by atoms with Crippen LogP contribution in [0.4, 0.5) is 5.69 Å². The van der Waals surface area contributed by atoms with Gasteiger partial charge in [-0.2, -0.15) is 5.10 Å². The van der Waals surface area contributed by atoms with Crippen LogP contribution in [0.3, 0.4) is 0 Å². The molecule has 134 valence electrons. The van der Waals surface area contributed by atoms with E-state index in [4.69, 9.17) is 4.42 Å². The minimum Gasteiger partial charge on any atom is -0.444 e. The average molecular weight is 360 g/mol. The van der Waals surface area contributed by atoms with Gasteiger partial charge in [0.05, 0.1) is 23.7 Å². The Balaban J connectivity index is 1.59. The van der Waals surface area contributed by atoms with Gasteiger partial charge in [-0.15, -0.1) is 0 Å². The number of oxazole rings is 1. The Kier molecular flexibility index (Phi) is 4.25. The van der Waals surface area contributed by atoms with Gasteiger partial charge >= 0.3 is 0 Å². The Morgan fingerprint density at radius 2 is 1.96 bits per heavy atom. The molecule has 1 N–H and O–H groups in total. The van der Waals surface area contributed by atoms with Crippen LogP contribution in [-0.4, -0.2) is 20.7 Å². The van der Waals surface area contributed by atoms with Gasteiger partial charge in [0.25, 0.3) is 5.56 Å². The molecule has 0 bridgehead atoms. The average Bonchev–Trinajstić information content (AvgIpc) is 3.21. The number of hydrogen-bond acceptors (Lipinski definition) is 5. The second kappa shape index (κ2) is 6.87. The number of amides is 1. The molecule has 0 radical (unpaired) electrons. The number of carbonyl (C=O) groups is 1. The van der Waals surface area contributed by atoms with Crippen LogP contribution < -0.4 is 10.9 Å². The van der Waals surface area contributed by atoms with Gasteiger partial charge in [0.2, 0.25) is 5.91 Å². The number of carbonyl (C=O) groups excluding carboxylic acids is 1. The highest BCUT2D eigenvalue weighted by Crippen LogP contribution is 2.22. The minimum absolute atomic E-state index is 0.0567. The summed E-state index contributed by atoms with van der Waals surface area (Å²) in [5.74, 6) is 0.401. The Morgan fingerprint density at radius 3 is 2.74 bits per heavy atom. The lowest BCUT2D eigenvalue weighted by Crippen LogP contribution is -2.24. The van der Waals surface area contributed by atoms with E-state index in [1.54, 1.807) is 37.5 Å². The molecular formula is C20H16N4O3. The Labute approximate surface area is 154 Å². The maximum Gasteiger partial charge on any atom is 0.274 e. The quantitative estimate of drug-likeness (QED) is 0.604. The van der Waals surface area contributed by atoms with Gasteiger partial charge in [0, 0.05) is 23.7 Å². The first-order chi connectivity index (χ1) is 13.1. The second-order valence-corrected chi connectivity index (χ2v) is 6.09. The minimum atomic E-state index is -0.221. The second-order valence-electron chi connectivity index (χ2n) is 6.09. The molecule has 7 nitrogen and oxygen atoms in total. The zero-order chi connectivity index (χ0) is 18.8. The van der Waals surface area contributed by atoms with Gasteiger partial charge in [-0.05, 0) is 18.2 Å². The summed E-state index contributed by atoms with van der Waals surface area (Å²) in [6.07, 6.45) is 3.03. The van der Waals surface area contributed by atoms with Crippen LogP contribution in [0.2, 0.25) is 0 Å². The summed E-state index contributed by atoms with van der Waals surface area (Å²) in [5.41, 5.74) is 1.82. The van der Waals surface area contributed by atoms with E-state index in [-0.39, 0.29) is 17.9 Å². The van der Waals surface area contributed by atoms with E-state index >= 15 is 0 Å². The van der Waals surface area contributed by atoms with Crippen LogP contribution in [0.25, 0.3) is 22.1 Å². The first-order valence-corrected chi connectivity index (χ1v) is 8.35. The molecule has 0 fully saturated rings. The molecule has 0 aliphatic rings. The van der Waals surface area contributed by atoms with E-state index < -0.39 is 0 Å². The number of fused-ring (bicyclic) bond motifs is 1. The van der Waals surface area contributed by atoms with Crippen molar-refractivity contribution >= 4 is 22.4 Å². The van der Waals surface area contributed by atoms with Crippen LogP contribution in [0, 0.1) is 0 Å². The van der Waals surface area contributed by atoms with Crippen molar-refractivity contribution in [2.75, 3.05) is 5.32 Å². The maximum atomic E-state index is 12.5. The number of nitrogens with zero attached hydrogens (tertiary/aromatic N) is 3. The molecule has 2 aromatic carbocycles. The molecule has 0 unspecified atom stereocenters. The van der Waals surface area contributed by atoms with Crippen LogP contribution >= 0.6 is 0 Å². The van der Waals surface area contributed by atoms with Crippen LogP contribution in [0.15, 0.2) is 70.3 Å². The van der Waals surface area contributed by atoms with Crippen molar-refractivity contribution in [3.8, 4) is 11.3 Å². The maximum absolute atomic E-state index is 12.5. The number of aromatic nitrogens is 3. The number of anilines is 1. The van der Waals surface area contributed by atoms with Gasteiger partial charge in [-0.25, -0.2) is 9.67 Å². The first kappa shape index (κ1) is 16.7. The summed E-state index contributed by atoms with van der Waals surface area (Å²) < 4.78 is 6.54. The van der Waals surface area contributed by atoms with E-state index in [1.165, 1.54) is 11.1 Å². The highest BCUT2D eigenvalue weighted by atomic mass is 16.3. The number of hydrogen-bond donors (Lipinski definition) is 1. The fourth-order valence-corrected chi connectivity index (χ4v) is 2.97. The van der Waals surface area contributed by atoms with Gasteiger partial charge in [-0.3, -0.25) is 9.59 Å². The molecule has 1 amide bonds. The molecule has 27 heavy (non-hydrogen) atoms. The molecule has 0 saturated carbocycles. The summed E-state index contributed by atoms with van der Waals surface area (Å²) in [4.78, 5) is 28.6. The smallest absolute Gasteiger partial charge is 0.274 e. The lowest BCUT2D eigenvalue weighted by Gasteiger charge is -2.09. The summed E-state index contributed by atoms with van der Waals surface area (Å²) in [5, 5.41) is 8.36. The highest BCUT2D eigenvalue weighted by molar-refractivity contribution is 5.95. The van der Waals surface area contributed by atoms with Crippen molar-refractivity contribution in [1.29, 1.82) is 0 Å². The Bertz CT molecular complexity index is 1180. The SMILES string of the molecule is Cn1nc(CC(=O)Nc2cccc(-c3cnco3)c2)c2ccccc2c1=O. The van der Waals surface area contributed by atoms with Crippen molar-refractivity contribution in [2.45, 2.75) is 6.42 Å². The van der Waals surface area contributed by atoms with E-state index in [0.29, 0.717) is 27.9 Å². The fraction of sp³-hybridized carbons (Fsp3) is 0.100. The van der Waals surface area contributed by atoms with Gasteiger partial charge in [0.1, 0.15) is 0 Å². The van der Waals surface area contributed by atoms with Crippen molar-refractivity contribution in [3.63, 3.8) is 0 Å². The van der Waals surface area contributed by atoms with E-state index in [2.05, 4.69) is 15.4 Å². The highest BCUT2D eigenvalue weighted by Gasteiger charge is 2.13. The molecule has 0 aliphatic carbocycles. The van der Waals surface area contributed by atoms with E-state index in [0.717, 1.165) is 5.56 Å². The molecular weight excluding hydrogens is 344 g/mol. The lowest BCUT2D eigenvalue weighted by molar-refractivity contribution is -0.115. The third-order valence-corrected chi connectivity index (χ3v) is 4.22. The third-order valence-electron chi connectivity index (χ3n) is 4.22. The fourth-order valence-electron chi connectivity index (χ4n) is 2.97. The molecule has 4 rings (SSSR count). The molecule has 2 aromatic heterocycles. The van der Waals surface area contributed by atoms with Gasteiger partial charge in [0.15, 0.2) is 12.2 Å². The zero-order valence-corrected chi connectivity index (χ0v) is 14.5. The summed E-state index contributed by atoms with van der Waals surface area (Å²) >= 11 is 0. The summed E-state index contributed by atoms with van der Waals surface area (Å²) in [6, 6.07) is 14.5. The van der Waals surface area contributed by atoms with Crippen molar-refractivity contribution in [1.82, 2.24) is 14.8 Å². The molecule has 0 atom stereocenters. The zero-order valence-electron chi connectivity index (χ0n) is 14.5. The standard InChI is InChI=1S/C20H16N4O3/c1-24-20(26)16-8-3-2-7-15(16)17(23-24)10-19(25)22-14-6-4-5-13(9-14)18-11-21-12-27-18/h2-9,11-12H,10H2,1H3,(H,22,25). The van der Waals surface area contributed by atoms with Gasteiger partial charge in [-0.1, -0.05) is 30.3 Å². The molecule has 7 heteroatoms. The third kappa shape index (κ3) is 3.35. The number of nitrogens with one attached hydrogen (secondary N) is 1. The number of benzene rings is 2. The van der Waals surface area contributed by atoms with E-state index in [1.807, 2.05) is 24.3 Å². The first-order valence-electron chi connectivity index (χ1n) is 8.35. The lowest BCUT2D eigenvalue weighted by atomic mass is 10.1. The van der Waals surface area contributed by atoms with Crippen molar-refractivity contribution in [2.24, 2.45) is 7.05 Å². The predicted molar refractivity (Wildman–Crippen MR) is 101 cm³/mol. The van der Waals surface area contributed by atoms with Crippen LogP contribution in [-0.2, 0) is 18.3 Å².